The van der Waals surface area contributed by atoms with Crippen molar-refractivity contribution >= 4 is 28.4 Å². The maximum absolute atomic E-state index is 13.7. The van der Waals surface area contributed by atoms with Crippen LogP contribution in [-0.2, 0) is 11.3 Å². The fourth-order valence-corrected chi connectivity index (χ4v) is 5.85. The number of halogens is 4. The molecule has 1 amide bonds. The van der Waals surface area contributed by atoms with Crippen LogP contribution in [0.15, 0.2) is 47.3 Å². The first-order valence-electron chi connectivity index (χ1n) is 13.5. The van der Waals surface area contributed by atoms with E-state index in [1.807, 2.05) is 23.5 Å². The largest absolute Gasteiger partial charge is 0.408 e. The summed E-state index contributed by atoms with van der Waals surface area (Å²) in [5, 5.41) is 2.69. The molecular formula is C29H32ClF3N4O2. The number of benzene rings is 2. The van der Waals surface area contributed by atoms with Crippen LogP contribution in [0.5, 0.6) is 0 Å². The van der Waals surface area contributed by atoms with Gasteiger partial charge in [0.15, 0.2) is 0 Å². The zero-order valence-corrected chi connectivity index (χ0v) is 22.6. The number of alkyl halides is 3. The highest BCUT2D eigenvalue weighted by molar-refractivity contribution is 6.30. The zero-order chi connectivity index (χ0) is 27.7. The third-order valence-electron chi connectivity index (χ3n) is 7.90. The molecule has 2 aliphatic rings. The molecule has 2 fully saturated rings. The minimum absolute atomic E-state index is 0.169. The summed E-state index contributed by atoms with van der Waals surface area (Å²) in [7, 11) is 0. The standard InChI is InChI=1S/C29H32ClF3N4O2/c1-18(29(31,32)33)34-26(38)17-37-27(21-6-5-7-23(30)14-21)35-25-9-8-20(15-24(25)28(37)39)22-12-19(13-22)16-36-10-3-2-4-11-36/h5-9,14-15,18-19,22H,2-4,10-13,16-17H2,1H3,(H,34,38)/t18-,19-,22+/m1/s1. The molecule has 1 aliphatic heterocycles. The molecule has 208 valence electrons. The Labute approximate surface area is 230 Å². The predicted octanol–water partition coefficient (Wildman–Crippen LogP) is 5.76. The van der Waals surface area contributed by atoms with Gasteiger partial charge in [-0.2, -0.15) is 13.2 Å². The van der Waals surface area contributed by atoms with Gasteiger partial charge in [-0.15, -0.1) is 0 Å². The number of amides is 1. The molecule has 2 aromatic carbocycles. The minimum atomic E-state index is -4.60. The Morgan fingerprint density at radius 3 is 2.56 bits per heavy atom. The van der Waals surface area contributed by atoms with Crippen LogP contribution < -0.4 is 10.9 Å². The van der Waals surface area contributed by atoms with Crippen molar-refractivity contribution in [2.24, 2.45) is 5.92 Å². The maximum Gasteiger partial charge on any atom is 0.408 e. The van der Waals surface area contributed by atoms with Gasteiger partial charge in [0.1, 0.15) is 18.4 Å². The number of carbonyl (C=O) groups excluding carboxylic acids is 1. The predicted molar refractivity (Wildman–Crippen MR) is 146 cm³/mol. The first-order chi connectivity index (χ1) is 18.6. The number of hydrogen-bond donors (Lipinski definition) is 1. The molecule has 0 spiro atoms. The van der Waals surface area contributed by atoms with Crippen molar-refractivity contribution in [3.05, 3.63) is 63.4 Å². The molecular weight excluding hydrogens is 529 g/mol. The van der Waals surface area contributed by atoms with E-state index >= 15 is 0 Å². The molecule has 0 radical (unpaired) electrons. The van der Waals surface area contributed by atoms with Crippen LogP contribution in [0.3, 0.4) is 0 Å². The van der Waals surface area contributed by atoms with E-state index in [1.54, 1.807) is 24.3 Å². The summed E-state index contributed by atoms with van der Waals surface area (Å²) in [6, 6.07) is 10.2. The van der Waals surface area contributed by atoms with E-state index in [9.17, 15) is 22.8 Å². The van der Waals surface area contributed by atoms with Gasteiger partial charge in [-0.3, -0.25) is 14.2 Å². The fraction of sp³-hybridized carbons (Fsp3) is 0.483. The monoisotopic (exact) mass is 560 g/mol. The number of likely N-dealkylation sites (tertiary alicyclic amines) is 1. The Balaban J connectivity index is 1.43. The molecule has 1 saturated heterocycles. The first-order valence-corrected chi connectivity index (χ1v) is 13.8. The SMILES string of the molecule is C[C@@H](NC(=O)Cn1c(-c2cccc(Cl)c2)nc2ccc([C@H]3C[C@@H](CN4CCCCC4)C3)cc2c1=O)C(F)(F)F. The number of carbonyl (C=O) groups is 1. The molecule has 0 bridgehead atoms. The quantitative estimate of drug-likeness (QED) is 0.399. The Morgan fingerprint density at radius 2 is 1.87 bits per heavy atom. The lowest BCUT2D eigenvalue weighted by Crippen LogP contribution is -2.45. The van der Waals surface area contributed by atoms with Crippen molar-refractivity contribution in [3.8, 4) is 11.4 Å². The molecule has 1 saturated carbocycles. The van der Waals surface area contributed by atoms with E-state index in [4.69, 9.17) is 11.6 Å². The fourth-order valence-electron chi connectivity index (χ4n) is 5.66. The van der Waals surface area contributed by atoms with Gasteiger partial charge in [-0.05, 0) is 87.4 Å². The topological polar surface area (TPSA) is 67.2 Å². The molecule has 1 atom stereocenters. The van der Waals surface area contributed by atoms with Crippen molar-refractivity contribution < 1.29 is 18.0 Å². The Kier molecular flexibility index (Phi) is 8.01. The number of hydrogen-bond acceptors (Lipinski definition) is 4. The summed E-state index contributed by atoms with van der Waals surface area (Å²) in [5.74, 6) is 0.230. The van der Waals surface area contributed by atoms with Crippen molar-refractivity contribution in [3.63, 3.8) is 0 Å². The van der Waals surface area contributed by atoms with E-state index in [0.717, 1.165) is 36.4 Å². The van der Waals surface area contributed by atoms with E-state index < -0.39 is 30.2 Å². The number of piperidine rings is 1. The van der Waals surface area contributed by atoms with Crippen LogP contribution in [0.4, 0.5) is 13.2 Å². The van der Waals surface area contributed by atoms with Crippen molar-refractivity contribution in [2.45, 2.75) is 63.7 Å². The summed E-state index contributed by atoms with van der Waals surface area (Å²) in [6.07, 6.45) is 1.37. The van der Waals surface area contributed by atoms with E-state index in [-0.39, 0.29) is 5.82 Å². The number of aromatic nitrogens is 2. The highest BCUT2D eigenvalue weighted by atomic mass is 35.5. The Morgan fingerprint density at radius 1 is 1.13 bits per heavy atom. The summed E-state index contributed by atoms with van der Waals surface area (Å²) < 4.78 is 40.2. The molecule has 1 N–H and O–H groups in total. The van der Waals surface area contributed by atoms with Gasteiger partial charge in [0.2, 0.25) is 5.91 Å². The van der Waals surface area contributed by atoms with Gasteiger partial charge < -0.3 is 10.2 Å². The summed E-state index contributed by atoms with van der Waals surface area (Å²) in [5.41, 5.74) is 1.52. The highest BCUT2D eigenvalue weighted by Crippen LogP contribution is 2.42. The maximum atomic E-state index is 13.7. The number of fused-ring (bicyclic) bond motifs is 1. The second-order valence-electron chi connectivity index (χ2n) is 10.8. The van der Waals surface area contributed by atoms with Gasteiger partial charge >= 0.3 is 6.18 Å². The molecule has 2 heterocycles. The van der Waals surface area contributed by atoms with E-state index in [1.165, 1.54) is 32.4 Å². The Bertz CT molecular complexity index is 1410. The van der Waals surface area contributed by atoms with E-state index in [0.29, 0.717) is 33.3 Å². The average Bonchev–Trinajstić information content (AvgIpc) is 2.87. The molecule has 5 rings (SSSR count). The van der Waals surface area contributed by atoms with Crippen LogP contribution in [-0.4, -0.2) is 52.2 Å². The number of nitrogens with zero attached hydrogens (tertiary/aromatic N) is 3. The van der Waals surface area contributed by atoms with Crippen LogP contribution >= 0.6 is 11.6 Å². The molecule has 10 heteroatoms. The lowest BCUT2D eigenvalue weighted by Gasteiger charge is -2.40. The lowest BCUT2D eigenvalue weighted by atomic mass is 9.71. The van der Waals surface area contributed by atoms with E-state index in [2.05, 4.69) is 9.88 Å². The molecule has 1 aromatic heterocycles. The van der Waals surface area contributed by atoms with Gasteiger partial charge in [0, 0.05) is 17.1 Å². The smallest absolute Gasteiger partial charge is 0.343 e. The lowest BCUT2D eigenvalue weighted by molar-refractivity contribution is -0.158. The molecule has 1 aliphatic carbocycles. The molecule has 0 unspecified atom stereocenters. The van der Waals surface area contributed by atoms with Crippen molar-refractivity contribution in [1.29, 1.82) is 0 Å². The van der Waals surface area contributed by atoms with Gasteiger partial charge in [0.25, 0.3) is 5.56 Å². The summed E-state index contributed by atoms with van der Waals surface area (Å²) in [4.78, 5) is 33.5. The van der Waals surface area contributed by atoms with Crippen LogP contribution in [0.25, 0.3) is 22.3 Å². The van der Waals surface area contributed by atoms with Gasteiger partial charge in [0.05, 0.1) is 10.9 Å². The average molecular weight is 561 g/mol. The first kappa shape index (κ1) is 27.6. The van der Waals surface area contributed by atoms with Crippen LogP contribution in [0, 0.1) is 5.92 Å². The zero-order valence-electron chi connectivity index (χ0n) is 21.8. The van der Waals surface area contributed by atoms with Gasteiger partial charge in [-0.1, -0.05) is 36.2 Å². The molecule has 3 aromatic rings. The van der Waals surface area contributed by atoms with Crippen molar-refractivity contribution in [2.75, 3.05) is 19.6 Å². The third kappa shape index (κ3) is 6.30. The van der Waals surface area contributed by atoms with Crippen LogP contribution in [0.1, 0.15) is 50.5 Å². The highest BCUT2D eigenvalue weighted by Gasteiger charge is 2.37. The van der Waals surface area contributed by atoms with Crippen molar-refractivity contribution in [1.82, 2.24) is 19.8 Å². The Hall–Kier alpha value is -2.91. The number of nitrogens with one attached hydrogen (secondary N) is 1. The second-order valence-corrected chi connectivity index (χ2v) is 11.3. The second kappa shape index (κ2) is 11.3. The van der Waals surface area contributed by atoms with Crippen LogP contribution in [0.2, 0.25) is 5.02 Å². The molecule has 6 nitrogen and oxygen atoms in total. The number of rotatable bonds is 7. The minimum Gasteiger partial charge on any atom is -0.343 e. The summed E-state index contributed by atoms with van der Waals surface area (Å²) >= 11 is 6.16. The normalized spacial score (nSPS) is 20.9. The third-order valence-corrected chi connectivity index (χ3v) is 8.14. The van der Waals surface area contributed by atoms with Gasteiger partial charge in [-0.25, -0.2) is 4.98 Å². The summed E-state index contributed by atoms with van der Waals surface area (Å²) in [6.45, 7) is 3.72. The molecule has 39 heavy (non-hydrogen) atoms.